The van der Waals surface area contributed by atoms with Crippen molar-refractivity contribution in [3.8, 4) is 33.4 Å². The van der Waals surface area contributed by atoms with Crippen molar-refractivity contribution < 1.29 is 0 Å². The first-order valence-electron chi connectivity index (χ1n) is 18.3. The van der Waals surface area contributed by atoms with E-state index in [2.05, 4.69) is 191 Å². The summed E-state index contributed by atoms with van der Waals surface area (Å²) in [5.74, 6) is 0. The Hall–Kier alpha value is -1.13. The van der Waals surface area contributed by atoms with Crippen LogP contribution in [0.3, 0.4) is 0 Å². The van der Waals surface area contributed by atoms with Gasteiger partial charge in [0.25, 0.3) is 0 Å². The Kier molecular flexibility index (Phi) is 12.6. The van der Waals surface area contributed by atoms with E-state index in [0.717, 1.165) is 4.90 Å². The van der Waals surface area contributed by atoms with Crippen LogP contribution >= 0.6 is 12.6 Å². The first-order valence-corrected chi connectivity index (χ1v) is 18.8. The van der Waals surface area contributed by atoms with Crippen LogP contribution in [0.25, 0.3) is 33.4 Å². The van der Waals surface area contributed by atoms with Gasteiger partial charge in [-0.3, -0.25) is 0 Å². The van der Waals surface area contributed by atoms with Crippen molar-refractivity contribution in [3.63, 3.8) is 0 Å². The van der Waals surface area contributed by atoms with Crippen molar-refractivity contribution in [1.29, 1.82) is 0 Å². The van der Waals surface area contributed by atoms with Gasteiger partial charge in [0.15, 0.2) is 0 Å². The molecule has 0 aliphatic rings. The number of benzene rings is 4. The fourth-order valence-electron chi connectivity index (χ4n) is 6.20. The Labute approximate surface area is 355 Å². The van der Waals surface area contributed by atoms with E-state index in [1.807, 2.05) is 0 Å². The van der Waals surface area contributed by atoms with Crippen molar-refractivity contribution in [3.05, 3.63) is 100 Å². The molecule has 0 saturated carbocycles. The largest absolute Gasteiger partial charge is 0.142 e. The van der Waals surface area contributed by atoms with Crippen molar-refractivity contribution in [2.24, 2.45) is 0 Å². The zero-order valence-corrected chi connectivity index (χ0v) is 39.3. The van der Waals surface area contributed by atoms with Gasteiger partial charge in [0, 0.05) is 56.3 Å². The molecule has 2 heteroatoms. The zero-order valence-electron chi connectivity index (χ0n) is 35.3. The summed E-state index contributed by atoms with van der Waals surface area (Å²) < 4.78 is 0. The molecule has 0 unspecified atom stereocenters. The monoisotopic (exact) mass is 713 g/mol. The molecule has 4 aromatic carbocycles. The first kappa shape index (κ1) is 43.3. The summed E-state index contributed by atoms with van der Waals surface area (Å²) >= 11 is 5.45. The fourth-order valence-corrected chi connectivity index (χ4v) is 6.59. The minimum absolute atomic E-state index is 0. The number of hydrogen-bond donors (Lipinski definition) is 1. The summed E-state index contributed by atoms with van der Waals surface area (Å²) in [7, 11) is 0. The molecular formula is C48H66KS. The summed E-state index contributed by atoms with van der Waals surface area (Å²) in [6, 6.07) is 26.6. The van der Waals surface area contributed by atoms with Crippen LogP contribution in [0.1, 0.15) is 158 Å². The van der Waals surface area contributed by atoms with Crippen molar-refractivity contribution >= 4 is 64.0 Å². The summed E-state index contributed by atoms with van der Waals surface area (Å²) in [5, 5.41) is 0. The molecule has 0 bridgehead atoms. The van der Waals surface area contributed by atoms with Crippen LogP contribution in [0, 0.1) is 0 Å². The predicted molar refractivity (Wildman–Crippen MR) is 228 cm³/mol. The van der Waals surface area contributed by atoms with Crippen LogP contribution < -0.4 is 0 Å². The molecule has 4 aromatic rings. The van der Waals surface area contributed by atoms with Crippen LogP contribution in [0.15, 0.2) is 71.6 Å². The van der Waals surface area contributed by atoms with Crippen LogP contribution in [-0.4, -0.2) is 51.4 Å². The molecule has 0 nitrogen and oxygen atoms in total. The molecule has 0 N–H and O–H groups in total. The summed E-state index contributed by atoms with van der Waals surface area (Å²) in [6.45, 7) is 41.8. The molecule has 0 spiro atoms. The maximum absolute atomic E-state index is 5.45. The predicted octanol–water partition coefficient (Wildman–Crippen LogP) is 14.4. The molecule has 0 amide bonds. The van der Waals surface area contributed by atoms with Crippen LogP contribution in [0.2, 0.25) is 0 Å². The molecule has 265 valence electrons. The minimum atomic E-state index is 0. The number of thiol groups is 1. The maximum Gasteiger partial charge on any atom is 0.0198 e. The van der Waals surface area contributed by atoms with Gasteiger partial charge in [-0.1, -0.05) is 179 Å². The smallest absolute Gasteiger partial charge is 0.0198 e. The molecule has 0 heterocycles. The van der Waals surface area contributed by atoms with Gasteiger partial charge in [-0.15, -0.1) is 12.6 Å². The van der Waals surface area contributed by atoms with Gasteiger partial charge in [0.1, 0.15) is 0 Å². The second-order valence-electron chi connectivity index (χ2n) is 20.8. The van der Waals surface area contributed by atoms with E-state index in [1.165, 1.54) is 66.8 Å². The number of rotatable bonds is 3. The Balaban J connectivity index is 0.00000676. The second kappa shape index (κ2) is 14.6. The molecule has 50 heavy (non-hydrogen) atoms. The van der Waals surface area contributed by atoms with E-state index < -0.39 is 0 Å². The zero-order chi connectivity index (χ0) is 37.3. The van der Waals surface area contributed by atoms with Crippen LogP contribution in [0.5, 0.6) is 0 Å². The molecule has 0 saturated heterocycles. The normalized spacial score (nSPS) is 13.3. The standard InChI is InChI=1S/C48H66S.K/c1-43(2,3)34-19-30(20-35(27-34)44(4,5)6)31-25-40(32-21-36(45(7,8)9)28-37(22-32)46(10,11)12)42(49)41(26-31)33-23-38(47(13,14)15)29-39(24-33)48(16,17)18;/h19-29,49H,1-18H3;. The van der Waals surface area contributed by atoms with Gasteiger partial charge in [-0.2, -0.15) is 0 Å². The third kappa shape index (κ3) is 10.1. The van der Waals surface area contributed by atoms with Gasteiger partial charge < -0.3 is 0 Å². The molecular weight excluding hydrogens is 648 g/mol. The van der Waals surface area contributed by atoms with E-state index in [-0.39, 0.29) is 83.9 Å². The topological polar surface area (TPSA) is 0 Å². The van der Waals surface area contributed by atoms with E-state index in [0.29, 0.717) is 0 Å². The Morgan fingerprint density at radius 2 is 0.460 bits per heavy atom. The molecule has 0 aromatic heterocycles. The van der Waals surface area contributed by atoms with E-state index >= 15 is 0 Å². The van der Waals surface area contributed by atoms with Gasteiger partial charge in [0.05, 0.1) is 0 Å². The molecule has 0 aliphatic carbocycles. The molecule has 1 radical (unpaired) electrons. The minimum Gasteiger partial charge on any atom is -0.142 e. The average Bonchev–Trinajstić information content (AvgIpc) is 2.94. The third-order valence-electron chi connectivity index (χ3n) is 10.1. The van der Waals surface area contributed by atoms with Crippen molar-refractivity contribution in [1.82, 2.24) is 0 Å². The fraction of sp³-hybridized carbons (Fsp3) is 0.500. The summed E-state index contributed by atoms with van der Waals surface area (Å²) in [4.78, 5) is 1.03. The van der Waals surface area contributed by atoms with Crippen LogP contribution in [0.4, 0.5) is 0 Å². The summed E-state index contributed by atoms with van der Waals surface area (Å²) in [6.07, 6.45) is 0. The van der Waals surface area contributed by atoms with E-state index in [9.17, 15) is 0 Å². The van der Waals surface area contributed by atoms with E-state index in [1.54, 1.807) is 0 Å². The molecule has 0 aliphatic heterocycles. The van der Waals surface area contributed by atoms with Crippen LogP contribution in [-0.2, 0) is 32.5 Å². The van der Waals surface area contributed by atoms with Gasteiger partial charge >= 0.3 is 0 Å². The molecule has 0 atom stereocenters. The Morgan fingerprint density at radius 3 is 0.660 bits per heavy atom. The Morgan fingerprint density at radius 1 is 0.280 bits per heavy atom. The van der Waals surface area contributed by atoms with Crippen molar-refractivity contribution in [2.75, 3.05) is 0 Å². The third-order valence-corrected chi connectivity index (χ3v) is 10.5. The SMILES string of the molecule is CC(C)(C)c1cc(-c2cc(-c3cc(C(C)(C)C)cc(C(C)(C)C)c3)c(S)c(-c3cc(C(C)(C)C)cc(C(C)(C)C)c3)c2)cc(C(C)(C)C)c1.[K]. The van der Waals surface area contributed by atoms with Gasteiger partial charge in [-0.05, 0) is 111 Å². The van der Waals surface area contributed by atoms with Crippen molar-refractivity contribution in [2.45, 2.75) is 162 Å². The quantitative estimate of drug-likeness (QED) is 0.159. The average molecular weight is 714 g/mol. The first-order chi connectivity index (χ1) is 22.0. The Bertz CT molecular complexity index is 1650. The number of hydrogen-bond acceptors (Lipinski definition) is 1. The molecule has 0 fully saturated rings. The van der Waals surface area contributed by atoms with Gasteiger partial charge in [0.2, 0.25) is 0 Å². The second-order valence-corrected chi connectivity index (χ2v) is 21.3. The summed E-state index contributed by atoms with van der Waals surface area (Å²) in [5.41, 5.74) is 15.6. The molecule has 4 rings (SSSR count). The maximum atomic E-state index is 5.45. The van der Waals surface area contributed by atoms with Gasteiger partial charge in [-0.25, -0.2) is 0 Å². The van der Waals surface area contributed by atoms with E-state index in [4.69, 9.17) is 12.6 Å².